The minimum absolute atomic E-state index is 0.0130. The number of urea groups is 1. The highest BCUT2D eigenvalue weighted by Crippen LogP contribution is 2.26. The van der Waals surface area contributed by atoms with Crippen molar-refractivity contribution in [2.45, 2.75) is 32.7 Å². The van der Waals surface area contributed by atoms with Gasteiger partial charge in [-0.05, 0) is 68.1 Å². The number of hydrogen-bond acceptors (Lipinski definition) is 3. The molecule has 0 bridgehead atoms. The summed E-state index contributed by atoms with van der Waals surface area (Å²) in [6.45, 7) is 5.30. The van der Waals surface area contributed by atoms with E-state index in [1.54, 1.807) is 15.8 Å². The first-order valence-corrected chi connectivity index (χ1v) is 12.6. The van der Waals surface area contributed by atoms with E-state index in [1.807, 2.05) is 66.7 Å². The number of benzene rings is 3. The van der Waals surface area contributed by atoms with E-state index >= 15 is 0 Å². The Hall–Kier alpha value is -4.39. The third kappa shape index (κ3) is 5.56. The molecule has 188 valence electrons. The van der Waals surface area contributed by atoms with E-state index in [9.17, 15) is 9.59 Å². The number of hydrogen-bond donors (Lipinski definition) is 2. The molecule has 1 aliphatic rings. The molecule has 5 rings (SSSR count). The third-order valence-electron chi connectivity index (χ3n) is 6.90. The van der Waals surface area contributed by atoms with E-state index in [2.05, 4.69) is 36.6 Å². The Morgan fingerprint density at radius 2 is 1.54 bits per heavy atom. The summed E-state index contributed by atoms with van der Waals surface area (Å²) < 4.78 is 1.76. The lowest BCUT2D eigenvalue weighted by Gasteiger charge is -2.32. The number of carbonyl (C=O) groups excluding carboxylic acids is 2. The van der Waals surface area contributed by atoms with Crippen LogP contribution in [0, 0.1) is 13.8 Å². The van der Waals surface area contributed by atoms with Gasteiger partial charge in [-0.15, -0.1) is 0 Å². The highest BCUT2D eigenvalue weighted by atomic mass is 16.2. The predicted octanol–water partition coefficient (Wildman–Crippen LogP) is 5.58. The molecule has 4 aromatic rings. The van der Waals surface area contributed by atoms with Crippen molar-refractivity contribution in [2.24, 2.45) is 0 Å². The average Bonchev–Trinajstić information content (AvgIpc) is 3.38. The summed E-state index contributed by atoms with van der Waals surface area (Å²) in [5, 5.41) is 10.9. The number of amides is 3. The van der Waals surface area contributed by atoms with Crippen LogP contribution in [0.1, 0.15) is 34.3 Å². The molecule has 0 aliphatic carbocycles. The Balaban J connectivity index is 1.30. The van der Waals surface area contributed by atoms with Crippen LogP contribution in [-0.4, -0.2) is 45.8 Å². The van der Waals surface area contributed by atoms with Gasteiger partial charge in [-0.3, -0.25) is 4.79 Å². The lowest BCUT2D eigenvalue weighted by molar-refractivity contribution is 0.0920. The van der Waals surface area contributed by atoms with E-state index in [0.29, 0.717) is 37.2 Å². The van der Waals surface area contributed by atoms with Crippen molar-refractivity contribution < 1.29 is 9.59 Å². The van der Waals surface area contributed by atoms with Crippen molar-refractivity contribution in [1.29, 1.82) is 0 Å². The molecule has 2 heterocycles. The highest BCUT2D eigenvalue weighted by Gasteiger charge is 2.26. The number of para-hydroxylation sites is 2. The Morgan fingerprint density at radius 3 is 2.22 bits per heavy atom. The van der Waals surface area contributed by atoms with Crippen LogP contribution >= 0.6 is 0 Å². The van der Waals surface area contributed by atoms with Gasteiger partial charge >= 0.3 is 6.03 Å². The summed E-state index contributed by atoms with van der Waals surface area (Å²) >= 11 is 0. The van der Waals surface area contributed by atoms with E-state index < -0.39 is 0 Å². The molecule has 0 atom stereocenters. The molecule has 0 saturated carbocycles. The summed E-state index contributed by atoms with van der Waals surface area (Å²) in [7, 11) is 0. The molecule has 1 aromatic heterocycles. The van der Waals surface area contributed by atoms with Crippen molar-refractivity contribution in [3.05, 3.63) is 102 Å². The maximum Gasteiger partial charge on any atom is 0.321 e. The van der Waals surface area contributed by atoms with Gasteiger partial charge in [0, 0.05) is 36.6 Å². The van der Waals surface area contributed by atoms with Crippen LogP contribution in [0.25, 0.3) is 16.9 Å². The molecule has 0 radical (unpaired) electrons. The number of nitrogens with one attached hydrogen (secondary N) is 2. The van der Waals surface area contributed by atoms with Crippen molar-refractivity contribution in [2.75, 3.05) is 18.4 Å². The number of anilines is 1. The highest BCUT2D eigenvalue weighted by molar-refractivity contribution is 6.00. The molecule has 37 heavy (non-hydrogen) atoms. The third-order valence-corrected chi connectivity index (χ3v) is 6.90. The monoisotopic (exact) mass is 493 g/mol. The second-order valence-corrected chi connectivity index (χ2v) is 9.50. The van der Waals surface area contributed by atoms with Crippen molar-refractivity contribution in [1.82, 2.24) is 20.0 Å². The normalized spacial score (nSPS) is 13.8. The number of aryl methyl sites for hydroxylation is 2. The summed E-state index contributed by atoms with van der Waals surface area (Å²) in [5.74, 6) is -0.150. The average molecular weight is 494 g/mol. The maximum absolute atomic E-state index is 13.5. The van der Waals surface area contributed by atoms with Gasteiger partial charge in [0.25, 0.3) is 5.91 Å². The molecule has 7 heteroatoms. The van der Waals surface area contributed by atoms with Crippen LogP contribution in [-0.2, 0) is 0 Å². The van der Waals surface area contributed by atoms with Crippen LogP contribution < -0.4 is 10.6 Å². The van der Waals surface area contributed by atoms with Crippen molar-refractivity contribution in [3.63, 3.8) is 0 Å². The fraction of sp³-hybridized carbons (Fsp3) is 0.233. The van der Waals surface area contributed by atoms with E-state index in [4.69, 9.17) is 5.10 Å². The number of likely N-dealkylation sites (tertiary alicyclic amines) is 1. The largest absolute Gasteiger partial charge is 0.349 e. The molecule has 0 unspecified atom stereocenters. The van der Waals surface area contributed by atoms with Gasteiger partial charge in [0.05, 0.1) is 11.3 Å². The molecule has 7 nitrogen and oxygen atoms in total. The first kappa shape index (κ1) is 24.3. The number of aromatic nitrogens is 2. The fourth-order valence-electron chi connectivity index (χ4n) is 4.57. The number of piperidine rings is 1. The first-order chi connectivity index (χ1) is 18.0. The van der Waals surface area contributed by atoms with E-state index in [-0.39, 0.29) is 18.0 Å². The Bertz CT molecular complexity index is 1390. The molecule has 3 amide bonds. The summed E-state index contributed by atoms with van der Waals surface area (Å²) in [4.78, 5) is 27.9. The Kier molecular flexibility index (Phi) is 7.03. The molecule has 0 spiro atoms. The second-order valence-electron chi connectivity index (χ2n) is 9.50. The van der Waals surface area contributed by atoms with Crippen molar-refractivity contribution >= 4 is 17.6 Å². The molecule has 1 fully saturated rings. The molecule has 1 saturated heterocycles. The number of carbonyl (C=O) groups is 2. The van der Waals surface area contributed by atoms with Gasteiger partial charge in [0.1, 0.15) is 5.69 Å². The molecular formula is C30H31N5O2. The number of nitrogens with zero attached hydrogens (tertiary/aromatic N) is 3. The SMILES string of the molecule is Cc1ccc(-c2nn(-c3ccccc3)cc2C(=O)NC2CCN(C(=O)Nc3ccccc3)CC2)cc1C. The topological polar surface area (TPSA) is 79.3 Å². The van der Waals surface area contributed by atoms with Crippen LogP contribution in [0.4, 0.5) is 10.5 Å². The first-order valence-electron chi connectivity index (χ1n) is 12.6. The minimum Gasteiger partial charge on any atom is -0.349 e. The van der Waals surface area contributed by atoms with Crippen molar-refractivity contribution in [3.8, 4) is 16.9 Å². The molecule has 1 aliphatic heterocycles. The van der Waals surface area contributed by atoms with E-state index in [0.717, 1.165) is 22.5 Å². The van der Waals surface area contributed by atoms with Crippen LogP contribution in [0.5, 0.6) is 0 Å². The van der Waals surface area contributed by atoms with Gasteiger partial charge < -0.3 is 15.5 Å². The van der Waals surface area contributed by atoms with Crippen LogP contribution in [0.15, 0.2) is 85.1 Å². The smallest absolute Gasteiger partial charge is 0.321 e. The van der Waals surface area contributed by atoms with Gasteiger partial charge in [0.2, 0.25) is 0 Å². The fourth-order valence-corrected chi connectivity index (χ4v) is 4.57. The Labute approximate surface area is 217 Å². The minimum atomic E-state index is -0.150. The zero-order valence-corrected chi connectivity index (χ0v) is 21.1. The summed E-state index contributed by atoms with van der Waals surface area (Å²) in [6.07, 6.45) is 3.19. The van der Waals surface area contributed by atoms with Crippen LogP contribution in [0.3, 0.4) is 0 Å². The maximum atomic E-state index is 13.5. The Morgan fingerprint density at radius 1 is 0.865 bits per heavy atom. The van der Waals surface area contributed by atoms with E-state index in [1.165, 1.54) is 5.56 Å². The lowest BCUT2D eigenvalue weighted by Crippen LogP contribution is -2.47. The molecule has 2 N–H and O–H groups in total. The predicted molar refractivity (Wildman–Crippen MR) is 146 cm³/mol. The molecular weight excluding hydrogens is 462 g/mol. The van der Waals surface area contributed by atoms with Crippen LogP contribution in [0.2, 0.25) is 0 Å². The van der Waals surface area contributed by atoms with Gasteiger partial charge in [0.15, 0.2) is 0 Å². The second kappa shape index (κ2) is 10.7. The summed E-state index contributed by atoms with van der Waals surface area (Å²) in [5.41, 5.74) is 6.12. The van der Waals surface area contributed by atoms with Gasteiger partial charge in [-0.2, -0.15) is 5.10 Å². The van der Waals surface area contributed by atoms with Gasteiger partial charge in [-0.25, -0.2) is 9.48 Å². The molecule has 3 aromatic carbocycles. The van der Waals surface area contributed by atoms with Gasteiger partial charge in [-0.1, -0.05) is 48.5 Å². The quantitative estimate of drug-likeness (QED) is 0.381. The number of rotatable bonds is 5. The zero-order valence-electron chi connectivity index (χ0n) is 21.1. The lowest BCUT2D eigenvalue weighted by atomic mass is 10.0. The zero-order chi connectivity index (χ0) is 25.8. The summed E-state index contributed by atoms with van der Waals surface area (Å²) in [6, 6.07) is 25.3. The standard InChI is InChI=1S/C30H31N5O2/c1-21-13-14-23(19-22(21)2)28-27(20-35(33-28)26-11-7-4-8-12-26)29(36)31-25-15-17-34(18-16-25)30(37)32-24-9-5-3-6-10-24/h3-14,19-20,25H,15-18H2,1-2H3,(H,31,36)(H,32,37).